The van der Waals surface area contributed by atoms with Gasteiger partial charge in [0, 0.05) is 17.3 Å². The fraction of sp³-hybridized carbons (Fsp3) is 0.800. The second kappa shape index (κ2) is 3.44. The Bertz CT molecular complexity index is 398. The second-order valence-corrected chi connectivity index (χ2v) is 6.53. The van der Waals surface area contributed by atoms with E-state index in [2.05, 4.69) is 26.8 Å². The molecule has 1 N–H and O–H groups in total. The van der Waals surface area contributed by atoms with Crippen LogP contribution in [0.1, 0.15) is 40.0 Å². The molecule has 2 nitrogen and oxygen atoms in total. The number of aliphatic hydroxyl groups excluding tert-OH is 1. The van der Waals surface area contributed by atoms with Crippen molar-refractivity contribution in [3.63, 3.8) is 0 Å². The van der Waals surface area contributed by atoms with E-state index in [0.717, 1.165) is 12.8 Å². The molecule has 0 heterocycles. The molecule has 2 saturated carbocycles. The lowest BCUT2D eigenvalue weighted by Gasteiger charge is -2.48. The third-order valence-corrected chi connectivity index (χ3v) is 5.94. The summed E-state index contributed by atoms with van der Waals surface area (Å²) in [6, 6.07) is 0. The van der Waals surface area contributed by atoms with Gasteiger partial charge in [0.2, 0.25) is 0 Å². The standard InChI is InChI=1S/C15H22O2/c1-8-5-4-6-10-7-11-13(16)9(2)12(14(11)17)15(8,10)3/h6,8-9,11-13,16H,4-5,7H2,1-3H3. The van der Waals surface area contributed by atoms with Gasteiger partial charge in [0.1, 0.15) is 5.78 Å². The fourth-order valence-corrected chi connectivity index (χ4v) is 4.67. The van der Waals surface area contributed by atoms with E-state index in [1.165, 1.54) is 12.0 Å². The minimum Gasteiger partial charge on any atom is -0.392 e. The van der Waals surface area contributed by atoms with Gasteiger partial charge in [-0.05, 0) is 31.1 Å². The lowest BCUT2D eigenvalue weighted by molar-refractivity contribution is -0.131. The zero-order valence-electron chi connectivity index (χ0n) is 10.9. The van der Waals surface area contributed by atoms with Crippen LogP contribution in [0.5, 0.6) is 0 Å². The first-order chi connectivity index (χ1) is 7.98. The molecule has 3 aliphatic carbocycles. The van der Waals surface area contributed by atoms with Crippen LogP contribution in [0.25, 0.3) is 0 Å². The van der Waals surface area contributed by atoms with Crippen LogP contribution in [0.15, 0.2) is 11.6 Å². The number of rotatable bonds is 0. The Morgan fingerprint density at radius 3 is 2.82 bits per heavy atom. The Kier molecular flexibility index (Phi) is 2.32. The SMILES string of the molecule is CC1C(O)C2CC3=CCCC(C)C3(C)C1C2=O. The van der Waals surface area contributed by atoms with E-state index < -0.39 is 6.10 Å². The number of allylic oxidation sites excluding steroid dienone is 2. The van der Waals surface area contributed by atoms with Gasteiger partial charge in [-0.2, -0.15) is 0 Å². The summed E-state index contributed by atoms with van der Waals surface area (Å²) in [5.74, 6) is 0.963. The van der Waals surface area contributed by atoms with Crippen molar-refractivity contribution in [1.29, 1.82) is 0 Å². The lowest BCUT2D eigenvalue weighted by atomic mass is 9.55. The highest BCUT2D eigenvalue weighted by atomic mass is 16.3. The molecule has 0 aromatic heterocycles. The van der Waals surface area contributed by atoms with Crippen LogP contribution in [-0.4, -0.2) is 17.0 Å². The highest BCUT2D eigenvalue weighted by molar-refractivity contribution is 5.90. The Morgan fingerprint density at radius 1 is 1.41 bits per heavy atom. The van der Waals surface area contributed by atoms with Crippen LogP contribution < -0.4 is 0 Å². The number of carbonyl (C=O) groups is 1. The van der Waals surface area contributed by atoms with Gasteiger partial charge in [-0.3, -0.25) is 4.79 Å². The lowest BCUT2D eigenvalue weighted by Crippen LogP contribution is -2.46. The normalized spacial score (nSPS) is 53.3. The van der Waals surface area contributed by atoms with E-state index in [1.54, 1.807) is 0 Å². The molecule has 3 aliphatic rings. The van der Waals surface area contributed by atoms with E-state index in [1.807, 2.05) is 0 Å². The van der Waals surface area contributed by atoms with Crippen molar-refractivity contribution in [3.8, 4) is 0 Å². The van der Waals surface area contributed by atoms with Gasteiger partial charge in [0.15, 0.2) is 0 Å². The summed E-state index contributed by atoms with van der Waals surface area (Å²) in [4.78, 5) is 12.4. The topological polar surface area (TPSA) is 37.3 Å². The average molecular weight is 234 g/mol. The monoisotopic (exact) mass is 234 g/mol. The van der Waals surface area contributed by atoms with Gasteiger partial charge in [-0.25, -0.2) is 0 Å². The number of hydrogen-bond acceptors (Lipinski definition) is 2. The maximum Gasteiger partial charge on any atom is 0.143 e. The Balaban J connectivity index is 2.13. The van der Waals surface area contributed by atoms with Crippen molar-refractivity contribution in [2.75, 3.05) is 0 Å². The maximum atomic E-state index is 12.4. The Morgan fingerprint density at radius 2 is 2.12 bits per heavy atom. The van der Waals surface area contributed by atoms with Crippen molar-refractivity contribution >= 4 is 5.78 Å². The molecule has 3 rings (SSSR count). The largest absolute Gasteiger partial charge is 0.392 e. The summed E-state index contributed by atoms with van der Waals surface area (Å²) in [5, 5.41) is 10.2. The number of aliphatic hydroxyl groups is 1. The minimum atomic E-state index is -0.414. The van der Waals surface area contributed by atoms with Crippen LogP contribution in [0.2, 0.25) is 0 Å². The molecule has 0 radical (unpaired) electrons. The molecule has 2 bridgehead atoms. The van der Waals surface area contributed by atoms with Gasteiger partial charge in [0.05, 0.1) is 6.10 Å². The van der Waals surface area contributed by atoms with Crippen LogP contribution >= 0.6 is 0 Å². The molecule has 0 spiro atoms. The molecule has 6 atom stereocenters. The first-order valence-corrected chi connectivity index (χ1v) is 6.89. The number of Topliss-reactive ketones (excluding diaryl/α,β-unsaturated/α-hetero) is 1. The molecule has 0 saturated heterocycles. The minimum absolute atomic E-state index is 0.0166. The highest BCUT2D eigenvalue weighted by Crippen LogP contribution is 2.60. The highest BCUT2D eigenvalue weighted by Gasteiger charge is 2.61. The predicted octanol–water partition coefficient (Wildman–Crippen LogP) is 2.56. The molecule has 0 amide bonds. The summed E-state index contributed by atoms with van der Waals surface area (Å²) in [7, 11) is 0. The summed E-state index contributed by atoms with van der Waals surface area (Å²) in [5.41, 5.74) is 1.47. The quantitative estimate of drug-likeness (QED) is 0.654. The van der Waals surface area contributed by atoms with Crippen molar-refractivity contribution in [2.24, 2.45) is 29.1 Å². The second-order valence-electron chi connectivity index (χ2n) is 6.53. The third kappa shape index (κ3) is 1.22. The first kappa shape index (κ1) is 11.5. The summed E-state index contributed by atoms with van der Waals surface area (Å²) in [6.07, 6.45) is 5.06. The predicted molar refractivity (Wildman–Crippen MR) is 66.4 cm³/mol. The number of hydrogen-bond donors (Lipinski definition) is 1. The van der Waals surface area contributed by atoms with Crippen molar-refractivity contribution < 1.29 is 9.90 Å². The van der Waals surface area contributed by atoms with Crippen LogP contribution in [0.3, 0.4) is 0 Å². The van der Waals surface area contributed by atoms with Gasteiger partial charge in [-0.1, -0.05) is 32.4 Å². The molecule has 17 heavy (non-hydrogen) atoms. The van der Waals surface area contributed by atoms with Crippen molar-refractivity contribution in [1.82, 2.24) is 0 Å². The van der Waals surface area contributed by atoms with Crippen molar-refractivity contribution in [2.45, 2.75) is 46.1 Å². The smallest absolute Gasteiger partial charge is 0.143 e. The molecule has 0 aromatic carbocycles. The van der Waals surface area contributed by atoms with E-state index in [9.17, 15) is 9.90 Å². The fourth-order valence-electron chi connectivity index (χ4n) is 4.67. The molecule has 0 aliphatic heterocycles. The molecular weight excluding hydrogens is 212 g/mol. The number of ketones is 1. The number of carbonyl (C=O) groups excluding carboxylic acids is 1. The summed E-state index contributed by atoms with van der Waals surface area (Å²) in [6.45, 7) is 6.59. The molecule has 0 aromatic rings. The van der Waals surface area contributed by atoms with E-state index in [4.69, 9.17) is 0 Å². The van der Waals surface area contributed by atoms with E-state index >= 15 is 0 Å². The van der Waals surface area contributed by atoms with Gasteiger partial charge in [-0.15, -0.1) is 0 Å². The molecule has 2 fully saturated rings. The summed E-state index contributed by atoms with van der Waals surface area (Å²) >= 11 is 0. The Labute approximate surface area is 103 Å². The van der Waals surface area contributed by atoms with Crippen molar-refractivity contribution in [3.05, 3.63) is 11.6 Å². The van der Waals surface area contributed by atoms with Crippen LogP contribution in [0, 0.1) is 29.1 Å². The van der Waals surface area contributed by atoms with Crippen LogP contribution in [-0.2, 0) is 4.79 Å². The Hall–Kier alpha value is -0.630. The van der Waals surface area contributed by atoms with E-state index in [0.29, 0.717) is 11.7 Å². The maximum absolute atomic E-state index is 12.4. The molecular formula is C15H22O2. The van der Waals surface area contributed by atoms with Gasteiger partial charge < -0.3 is 5.11 Å². The van der Waals surface area contributed by atoms with E-state index in [-0.39, 0.29) is 23.2 Å². The summed E-state index contributed by atoms with van der Waals surface area (Å²) < 4.78 is 0. The molecule has 2 heteroatoms. The third-order valence-electron chi connectivity index (χ3n) is 5.94. The van der Waals surface area contributed by atoms with Gasteiger partial charge in [0.25, 0.3) is 0 Å². The zero-order chi connectivity index (χ0) is 12.4. The number of fused-ring (bicyclic) bond motifs is 4. The van der Waals surface area contributed by atoms with Crippen LogP contribution in [0.4, 0.5) is 0 Å². The van der Waals surface area contributed by atoms with Gasteiger partial charge >= 0.3 is 0 Å². The molecule has 6 unspecified atom stereocenters. The average Bonchev–Trinajstić information content (AvgIpc) is 2.43. The zero-order valence-corrected chi connectivity index (χ0v) is 10.9. The first-order valence-electron chi connectivity index (χ1n) is 6.89. The molecule has 94 valence electrons.